The van der Waals surface area contributed by atoms with Gasteiger partial charge in [0, 0.05) is 60.0 Å². The molecule has 0 spiro atoms. The number of benzene rings is 6. The highest BCUT2D eigenvalue weighted by Gasteiger charge is 2.22. The third-order valence-corrected chi connectivity index (χ3v) is 9.85. The van der Waals surface area contributed by atoms with Crippen molar-refractivity contribution in [1.82, 2.24) is 4.98 Å². The van der Waals surface area contributed by atoms with Gasteiger partial charge in [-0.3, -0.25) is 0 Å². The number of nitrogens with zero attached hydrogens (tertiary/aromatic N) is 2. The Morgan fingerprint density at radius 1 is 0.500 bits per heavy atom. The summed E-state index contributed by atoms with van der Waals surface area (Å²) in [5, 5.41) is 9.05. The lowest BCUT2D eigenvalue weighted by molar-refractivity contribution is 0.654. The summed E-state index contributed by atoms with van der Waals surface area (Å²) in [6, 6.07) is 44.9. The highest BCUT2D eigenvalue weighted by atomic mass is 32.1. The van der Waals surface area contributed by atoms with Gasteiger partial charge in [0.15, 0.2) is 0 Å². The second-order valence-electron chi connectivity index (χ2n) is 11.2. The van der Waals surface area contributed by atoms with Gasteiger partial charge < -0.3 is 13.7 Å². The second kappa shape index (κ2) is 8.93. The Balaban J connectivity index is 1.29. The molecule has 0 bridgehead atoms. The van der Waals surface area contributed by atoms with Gasteiger partial charge in [-0.05, 0) is 71.4 Å². The number of furan rings is 2. The van der Waals surface area contributed by atoms with Gasteiger partial charge in [0.2, 0.25) is 5.71 Å². The molecule has 0 radical (unpaired) electrons. The van der Waals surface area contributed by atoms with Crippen LogP contribution in [0.15, 0.2) is 142 Å². The summed E-state index contributed by atoms with van der Waals surface area (Å²) in [4.78, 5) is 7.00. The molecule has 4 aromatic heterocycles. The van der Waals surface area contributed by atoms with Crippen LogP contribution in [0.2, 0.25) is 0 Å². The molecule has 0 unspecified atom stereocenters. The number of para-hydroxylation sites is 1. The fraction of sp³-hybridized carbons (Fsp3) is 0. The smallest absolute Gasteiger partial charge is 0.229 e. The summed E-state index contributed by atoms with van der Waals surface area (Å²) in [6.45, 7) is 0. The Labute approximate surface area is 255 Å². The maximum Gasteiger partial charge on any atom is 0.229 e. The quantitative estimate of drug-likeness (QED) is 0.208. The van der Waals surface area contributed by atoms with Crippen molar-refractivity contribution in [2.24, 2.45) is 0 Å². The molecule has 10 aromatic rings. The number of rotatable bonds is 3. The summed E-state index contributed by atoms with van der Waals surface area (Å²) >= 11 is 1.83. The number of hydrogen-bond donors (Lipinski definition) is 0. The van der Waals surface area contributed by atoms with Crippen LogP contribution in [0.4, 0.5) is 17.1 Å². The van der Waals surface area contributed by atoms with E-state index in [2.05, 4.69) is 120 Å². The molecule has 44 heavy (non-hydrogen) atoms. The summed E-state index contributed by atoms with van der Waals surface area (Å²) in [5.74, 6) is 0. The van der Waals surface area contributed by atoms with Gasteiger partial charge in [-0.25, -0.2) is 4.98 Å². The lowest BCUT2D eigenvalue weighted by Crippen LogP contribution is -2.10. The molecular formula is C39H22N2O2S. The molecule has 0 amide bonds. The van der Waals surface area contributed by atoms with Crippen LogP contribution in [0, 0.1) is 0 Å². The Kier molecular flexibility index (Phi) is 4.84. The van der Waals surface area contributed by atoms with E-state index >= 15 is 0 Å². The Bertz CT molecular complexity index is 2750. The van der Waals surface area contributed by atoms with E-state index in [0.717, 1.165) is 60.7 Å². The van der Waals surface area contributed by atoms with Crippen molar-refractivity contribution < 1.29 is 8.83 Å². The van der Waals surface area contributed by atoms with Crippen LogP contribution in [-0.4, -0.2) is 4.98 Å². The van der Waals surface area contributed by atoms with Gasteiger partial charge in [0.25, 0.3) is 0 Å². The molecule has 0 aliphatic heterocycles. The van der Waals surface area contributed by atoms with Crippen LogP contribution in [0.1, 0.15) is 0 Å². The fourth-order valence-corrected chi connectivity index (χ4v) is 7.77. The van der Waals surface area contributed by atoms with E-state index in [9.17, 15) is 0 Å². The van der Waals surface area contributed by atoms with Gasteiger partial charge in [-0.2, -0.15) is 0 Å². The fourth-order valence-electron chi connectivity index (χ4n) is 6.69. The molecule has 0 N–H and O–H groups in total. The number of pyridine rings is 1. The number of anilines is 3. The minimum Gasteiger partial charge on any atom is -0.456 e. The molecule has 0 saturated heterocycles. The Morgan fingerprint density at radius 3 is 2.14 bits per heavy atom. The van der Waals surface area contributed by atoms with E-state index in [1.165, 1.54) is 25.6 Å². The average molecular weight is 583 g/mol. The van der Waals surface area contributed by atoms with Crippen molar-refractivity contribution in [3.63, 3.8) is 0 Å². The normalized spacial score (nSPS) is 12.1. The first-order valence-corrected chi connectivity index (χ1v) is 15.4. The van der Waals surface area contributed by atoms with Crippen molar-refractivity contribution in [3.05, 3.63) is 134 Å². The summed E-state index contributed by atoms with van der Waals surface area (Å²) in [5.41, 5.74) is 6.23. The van der Waals surface area contributed by atoms with Gasteiger partial charge in [-0.15, -0.1) is 11.3 Å². The molecule has 0 saturated carbocycles. The number of aromatic nitrogens is 1. The summed E-state index contributed by atoms with van der Waals surface area (Å²) < 4.78 is 15.3. The standard InChI is InChI=1S/C39H22N2O2S/c1-2-8-24-20-34-31(19-23(24)7-1)38-32(17-18-40-39(38)43-34)41(25-14-16-37-30(21-25)29-10-4-6-12-36(29)44-37)26-13-15-28-27-9-3-5-11-33(27)42-35(28)22-26/h1-22H. The van der Waals surface area contributed by atoms with Crippen LogP contribution < -0.4 is 4.90 Å². The lowest BCUT2D eigenvalue weighted by Gasteiger charge is -2.26. The topological polar surface area (TPSA) is 42.4 Å². The zero-order chi connectivity index (χ0) is 28.8. The van der Waals surface area contributed by atoms with Gasteiger partial charge >= 0.3 is 0 Å². The Morgan fingerprint density at radius 2 is 1.20 bits per heavy atom. The monoisotopic (exact) mass is 582 g/mol. The van der Waals surface area contributed by atoms with Crippen molar-refractivity contribution >= 4 is 103 Å². The predicted octanol–water partition coefficient (Wildman–Crippen LogP) is 11.9. The largest absolute Gasteiger partial charge is 0.456 e. The third-order valence-electron chi connectivity index (χ3n) is 8.70. The van der Waals surface area contributed by atoms with Gasteiger partial charge in [0.1, 0.15) is 16.7 Å². The van der Waals surface area contributed by atoms with Crippen LogP contribution in [0.25, 0.3) is 75.0 Å². The van der Waals surface area contributed by atoms with Crippen molar-refractivity contribution in [1.29, 1.82) is 0 Å². The molecule has 10 rings (SSSR count). The molecule has 4 nitrogen and oxygen atoms in total. The molecule has 206 valence electrons. The molecular weight excluding hydrogens is 561 g/mol. The minimum atomic E-state index is 0.615. The molecule has 4 heterocycles. The predicted molar refractivity (Wildman–Crippen MR) is 184 cm³/mol. The van der Waals surface area contributed by atoms with E-state index in [4.69, 9.17) is 13.8 Å². The molecule has 0 atom stereocenters. The highest BCUT2D eigenvalue weighted by molar-refractivity contribution is 7.25. The minimum absolute atomic E-state index is 0.615. The van der Waals surface area contributed by atoms with Crippen molar-refractivity contribution in [3.8, 4) is 0 Å². The van der Waals surface area contributed by atoms with Crippen molar-refractivity contribution in [2.75, 3.05) is 4.90 Å². The van der Waals surface area contributed by atoms with Crippen molar-refractivity contribution in [2.45, 2.75) is 0 Å². The Hall–Kier alpha value is -5.65. The molecule has 5 heteroatoms. The second-order valence-corrected chi connectivity index (χ2v) is 12.3. The first-order chi connectivity index (χ1) is 21.8. The number of thiophene rings is 1. The maximum absolute atomic E-state index is 6.39. The van der Waals surface area contributed by atoms with Crippen LogP contribution in [-0.2, 0) is 0 Å². The van der Waals surface area contributed by atoms with E-state index in [1.54, 1.807) is 0 Å². The SMILES string of the molecule is c1ccc2cc3c(cc2c1)oc1nccc(N(c2ccc4c(c2)oc2ccccc24)c2ccc4sc5ccccc5c4c2)c13. The molecule has 0 aliphatic rings. The summed E-state index contributed by atoms with van der Waals surface area (Å²) in [7, 11) is 0. The molecule has 0 aliphatic carbocycles. The van der Waals surface area contributed by atoms with E-state index in [-0.39, 0.29) is 0 Å². The first kappa shape index (κ1) is 23.9. The maximum atomic E-state index is 6.39. The van der Waals surface area contributed by atoms with Crippen LogP contribution in [0.3, 0.4) is 0 Å². The van der Waals surface area contributed by atoms with Crippen LogP contribution in [0.5, 0.6) is 0 Å². The molecule has 0 fully saturated rings. The lowest BCUT2D eigenvalue weighted by atomic mass is 10.0. The summed E-state index contributed by atoms with van der Waals surface area (Å²) in [6.07, 6.45) is 1.84. The first-order valence-electron chi connectivity index (χ1n) is 14.6. The molecule has 6 aromatic carbocycles. The van der Waals surface area contributed by atoms with Gasteiger partial charge in [-0.1, -0.05) is 60.7 Å². The highest BCUT2D eigenvalue weighted by Crippen LogP contribution is 2.46. The van der Waals surface area contributed by atoms with E-state index in [1.807, 2.05) is 29.7 Å². The number of hydrogen-bond acceptors (Lipinski definition) is 5. The number of fused-ring (bicyclic) bond motifs is 10. The van der Waals surface area contributed by atoms with E-state index in [0.29, 0.717) is 5.71 Å². The van der Waals surface area contributed by atoms with E-state index < -0.39 is 0 Å². The zero-order valence-electron chi connectivity index (χ0n) is 23.3. The van der Waals surface area contributed by atoms with Gasteiger partial charge in [0.05, 0.1) is 11.1 Å². The zero-order valence-corrected chi connectivity index (χ0v) is 24.1. The average Bonchev–Trinajstić information content (AvgIpc) is 3.74. The van der Waals surface area contributed by atoms with Crippen LogP contribution >= 0.6 is 11.3 Å². The third kappa shape index (κ3) is 3.41.